The van der Waals surface area contributed by atoms with Gasteiger partial charge in [0.1, 0.15) is 6.04 Å². The molecule has 0 saturated heterocycles. The first kappa shape index (κ1) is 26.8. The highest BCUT2D eigenvalue weighted by Gasteiger charge is 2.28. The Morgan fingerprint density at radius 2 is 1.76 bits per heavy atom. The number of methoxy groups -OCH3 is 2. The molecule has 0 aliphatic carbocycles. The molecule has 2 aromatic carbocycles. The summed E-state index contributed by atoms with van der Waals surface area (Å²) in [6.07, 6.45) is 2.04. The van der Waals surface area contributed by atoms with Crippen molar-refractivity contribution in [3.63, 3.8) is 0 Å². The van der Waals surface area contributed by atoms with Crippen molar-refractivity contribution >= 4 is 35.0 Å². The van der Waals surface area contributed by atoms with Gasteiger partial charge in [-0.05, 0) is 54.7 Å². The van der Waals surface area contributed by atoms with Crippen LogP contribution in [0.25, 0.3) is 0 Å². The Bertz CT molecular complexity index is 952. The highest BCUT2D eigenvalue weighted by Crippen LogP contribution is 2.28. The first-order valence-corrected chi connectivity index (χ1v) is 11.8. The Morgan fingerprint density at radius 3 is 2.36 bits per heavy atom. The molecule has 6 nitrogen and oxygen atoms in total. The Balaban J connectivity index is 2.25. The lowest BCUT2D eigenvalue weighted by molar-refractivity contribution is -0.141. The Labute approximate surface area is 206 Å². The highest BCUT2D eigenvalue weighted by molar-refractivity contribution is 6.35. The third kappa shape index (κ3) is 7.54. The summed E-state index contributed by atoms with van der Waals surface area (Å²) in [5, 5.41) is 3.89. The Morgan fingerprint density at radius 1 is 1.03 bits per heavy atom. The van der Waals surface area contributed by atoms with Crippen molar-refractivity contribution in [1.29, 1.82) is 0 Å². The highest BCUT2D eigenvalue weighted by atomic mass is 35.5. The van der Waals surface area contributed by atoms with E-state index in [4.69, 9.17) is 32.7 Å². The number of halogens is 2. The third-order valence-electron chi connectivity index (χ3n) is 5.37. The van der Waals surface area contributed by atoms with Gasteiger partial charge in [0.15, 0.2) is 11.5 Å². The Hall–Kier alpha value is -2.44. The van der Waals surface area contributed by atoms with Crippen LogP contribution in [0.3, 0.4) is 0 Å². The van der Waals surface area contributed by atoms with E-state index in [9.17, 15) is 9.59 Å². The summed E-state index contributed by atoms with van der Waals surface area (Å²) in [5.74, 6) is 0.945. The molecule has 0 heterocycles. The quantitative estimate of drug-likeness (QED) is 0.435. The van der Waals surface area contributed by atoms with Crippen LogP contribution < -0.4 is 14.8 Å². The molecule has 0 unspecified atom stereocenters. The second-order valence-electron chi connectivity index (χ2n) is 7.66. The van der Waals surface area contributed by atoms with Gasteiger partial charge in [-0.15, -0.1) is 0 Å². The van der Waals surface area contributed by atoms with E-state index < -0.39 is 6.04 Å². The monoisotopic (exact) mass is 494 g/mol. The molecule has 0 bridgehead atoms. The van der Waals surface area contributed by atoms with Gasteiger partial charge in [-0.3, -0.25) is 9.59 Å². The molecular weight excluding hydrogens is 463 g/mol. The maximum Gasteiger partial charge on any atom is 0.242 e. The number of carbonyl (C=O) groups is 2. The number of hydrogen-bond acceptors (Lipinski definition) is 4. The number of carbonyl (C=O) groups excluding carboxylic acids is 2. The SMILES string of the molecule is CCCNC(=O)[C@@H](CC)N(Cc1ccc(Cl)cc1Cl)C(=O)CCc1ccc(OC)c(OC)c1. The number of nitrogens with zero attached hydrogens (tertiary/aromatic N) is 1. The van der Waals surface area contributed by atoms with E-state index in [1.165, 1.54) is 0 Å². The van der Waals surface area contributed by atoms with E-state index in [1.54, 1.807) is 37.3 Å². The maximum absolute atomic E-state index is 13.4. The van der Waals surface area contributed by atoms with Crippen LogP contribution in [0.1, 0.15) is 44.2 Å². The summed E-state index contributed by atoms with van der Waals surface area (Å²) in [7, 11) is 3.15. The molecule has 0 radical (unpaired) electrons. The van der Waals surface area contributed by atoms with E-state index in [-0.39, 0.29) is 24.8 Å². The molecule has 0 aliphatic rings. The average Bonchev–Trinajstić information content (AvgIpc) is 2.82. The number of amides is 2. The number of nitrogens with one attached hydrogen (secondary N) is 1. The first-order valence-electron chi connectivity index (χ1n) is 11.1. The summed E-state index contributed by atoms with van der Waals surface area (Å²) in [6.45, 7) is 4.67. The molecule has 0 aromatic heterocycles. The van der Waals surface area contributed by atoms with Crippen molar-refractivity contribution in [3.8, 4) is 11.5 Å². The molecule has 0 saturated carbocycles. The zero-order valence-corrected chi connectivity index (χ0v) is 21.1. The van der Waals surface area contributed by atoms with Gasteiger partial charge in [0.2, 0.25) is 11.8 Å². The summed E-state index contributed by atoms with van der Waals surface area (Å²) in [5.41, 5.74) is 1.68. The van der Waals surface area contributed by atoms with Crippen LogP contribution in [0, 0.1) is 0 Å². The predicted molar refractivity (Wildman–Crippen MR) is 132 cm³/mol. The smallest absolute Gasteiger partial charge is 0.242 e. The van der Waals surface area contributed by atoms with Crippen LogP contribution in [-0.4, -0.2) is 43.5 Å². The summed E-state index contributed by atoms with van der Waals surface area (Å²) in [4.78, 5) is 27.8. The van der Waals surface area contributed by atoms with Crippen LogP contribution in [-0.2, 0) is 22.6 Å². The van der Waals surface area contributed by atoms with E-state index >= 15 is 0 Å². The van der Waals surface area contributed by atoms with Crippen LogP contribution in [0.15, 0.2) is 36.4 Å². The van der Waals surface area contributed by atoms with Crippen LogP contribution >= 0.6 is 23.2 Å². The van der Waals surface area contributed by atoms with Crippen LogP contribution in [0.5, 0.6) is 11.5 Å². The molecule has 2 rings (SSSR count). The minimum Gasteiger partial charge on any atom is -0.493 e. The van der Waals surface area contributed by atoms with Crippen molar-refractivity contribution in [2.45, 2.75) is 52.1 Å². The fraction of sp³-hybridized carbons (Fsp3) is 0.440. The number of hydrogen-bond donors (Lipinski definition) is 1. The van der Waals surface area contributed by atoms with Gasteiger partial charge in [-0.25, -0.2) is 0 Å². The lowest BCUT2D eigenvalue weighted by Gasteiger charge is -2.31. The minimum atomic E-state index is -0.596. The number of aryl methyl sites for hydroxylation is 1. The molecule has 2 aromatic rings. The van der Waals surface area contributed by atoms with Crippen LogP contribution in [0.2, 0.25) is 10.0 Å². The molecular formula is C25H32Cl2N2O4. The normalized spacial score (nSPS) is 11.6. The van der Waals surface area contributed by atoms with Gasteiger partial charge in [-0.1, -0.05) is 49.2 Å². The predicted octanol–water partition coefficient (Wildman–Crippen LogP) is 5.28. The van der Waals surface area contributed by atoms with E-state index in [2.05, 4.69) is 5.32 Å². The summed E-state index contributed by atoms with van der Waals surface area (Å²) < 4.78 is 10.6. The molecule has 0 aliphatic heterocycles. The Kier molecular flexibility index (Phi) is 10.8. The van der Waals surface area contributed by atoms with Crippen molar-refractivity contribution in [3.05, 3.63) is 57.6 Å². The lowest BCUT2D eigenvalue weighted by Crippen LogP contribution is -2.49. The van der Waals surface area contributed by atoms with Crippen molar-refractivity contribution in [2.24, 2.45) is 0 Å². The van der Waals surface area contributed by atoms with Crippen molar-refractivity contribution in [2.75, 3.05) is 20.8 Å². The van der Waals surface area contributed by atoms with E-state index in [1.807, 2.05) is 32.0 Å². The lowest BCUT2D eigenvalue weighted by atomic mass is 10.1. The minimum absolute atomic E-state index is 0.130. The van der Waals surface area contributed by atoms with Gasteiger partial charge in [-0.2, -0.15) is 0 Å². The summed E-state index contributed by atoms with van der Waals surface area (Å²) >= 11 is 12.4. The fourth-order valence-electron chi connectivity index (χ4n) is 3.55. The van der Waals surface area contributed by atoms with Crippen molar-refractivity contribution < 1.29 is 19.1 Å². The zero-order chi connectivity index (χ0) is 24.4. The molecule has 0 fully saturated rings. The largest absolute Gasteiger partial charge is 0.493 e. The van der Waals surface area contributed by atoms with E-state index in [0.717, 1.165) is 17.5 Å². The van der Waals surface area contributed by atoms with E-state index in [0.29, 0.717) is 40.9 Å². The van der Waals surface area contributed by atoms with Gasteiger partial charge in [0, 0.05) is 29.6 Å². The number of rotatable bonds is 12. The topological polar surface area (TPSA) is 67.9 Å². The molecule has 0 spiro atoms. The molecule has 1 N–H and O–H groups in total. The van der Waals surface area contributed by atoms with Gasteiger partial charge < -0.3 is 19.7 Å². The molecule has 1 atom stereocenters. The second-order valence-corrected chi connectivity index (χ2v) is 8.51. The molecule has 2 amide bonds. The zero-order valence-electron chi connectivity index (χ0n) is 19.6. The molecule has 8 heteroatoms. The molecule has 180 valence electrons. The van der Waals surface area contributed by atoms with Gasteiger partial charge in [0.25, 0.3) is 0 Å². The first-order chi connectivity index (χ1) is 15.8. The number of ether oxygens (including phenoxy) is 2. The third-order valence-corrected chi connectivity index (χ3v) is 5.95. The van der Waals surface area contributed by atoms with Gasteiger partial charge in [0.05, 0.1) is 14.2 Å². The number of benzene rings is 2. The molecule has 33 heavy (non-hydrogen) atoms. The average molecular weight is 495 g/mol. The standard InChI is InChI=1S/C25H32Cl2N2O4/c1-5-13-28-25(31)21(6-2)29(16-18-9-10-19(26)15-20(18)27)24(30)12-8-17-7-11-22(32-3)23(14-17)33-4/h7,9-11,14-15,21H,5-6,8,12-13,16H2,1-4H3,(H,28,31)/t21-/m1/s1. The maximum atomic E-state index is 13.4. The second kappa shape index (κ2) is 13.3. The van der Waals surface area contributed by atoms with Gasteiger partial charge >= 0.3 is 0 Å². The van der Waals surface area contributed by atoms with Crippen molar-refractivity contribution in [1.82, 2.24) is 10.2 Å². The van der Waals surface area contributed by atoms with Crippen LogP contribution in [0.4, 0.5) is 0 Å². The summed E-state index contributed by atoms with van der Waals surface area (Å²) in [6, 6.07) is 10.1. The fourth-order valence-corrected chi connectivity index (χ4v) is 4.02.